The Morgan fingerprint density at radius 2 is 2.00 bits per heavy atom. The van der Waals surface area contributed by atoms with Gasteiger partial charge in [0.05, 0.1) is 22.6 Å². The van der Waals surface area contributed by atoms with Crippen molar-refractivity contribution >= 4 is 23.2 Å². The summed E-state index contributed by atoms with van der Waals surface area (Å²) in [4.78, 5) is 0. The first-order valence-corrected chi connectivity index (χ1v) is 6.72. The number of aromatic nitrogens is 3. The highest BCUT2D eigenvalue weighted by molar-refractivity contribution is 6.35. The molecule has 0 aliphatic rings. The molecule has 2 aromatic rings. The van der Waals surface area contributed by atoms with Gasteiger partial charge in [0.25, 0.3) is 0 Å². The lowest BCUT2D eigenvalue weighted by Crippen LogP contribution is -2.35. The number of rotatable bonds is 3. The largest absolute Gasteiger partial charge is 0.306 e. The van der Waals surface area contributed by atoms with Crippen molar-refractivity contribution in [3.63, 3.8) is 0 Å². The van der Waals surface area contributed by atoms with Gasteiger partial charge in [0.2, 0.25) is 0 Å². The Balaban J connectivity index is 2.16. The van der Waals surface area contributed by atoms with E-state index in [4.69, 9.17) is 23.2 Å². The minimum atomic E-state index is 0.0434. The molecular formula is C13H16Cl2N4. The van der Waals surface area contributed by atoms with Gasteiger partial charge in [-0.1, -0.05) is 28.4 Å². The van der Waals surface area contributed by atoms with Gasteiger partial charge in [-0.15, -0.1) is 5.10 Å². The van der Waals surface area contributed by atoms with E-state index in [0.29, 0.717) is 16.6 Å². The number of benzene rings is 1. The number of nitrogens with one attached hydrogen (secondary N) is 1. The van der Waals surface area contributed by atoms with Crippen LogP contribution in [0.25, 0.3) is 5.69 Å². The van der Waals surface area contributed by atoms with Gasteiger partial charge < -0.3 is 5.32 Å². The molecule has 1 aromatic heterocycles. The molecule has 0 fully saturated rings. The second-order valence-electron chi connectivity index (χ2n) is 5.35. The molecule has 0 aliphatic carbocycles. The highest BCUT2D eigenvalue weighted by atomic mass is 35.5. The monoisotopic (exact) mass is 298 g/mol. The van der Waals surface area contributed by atoms with Gasteiger partial charge in [-0.3, -0.25) is 0 Å². The second kappa shape index (κ2) is 5.49. The molecule has 102 valence electrons. The summed E-state index contributed by atoms with van der Waals surface area (Å²) in [5.74, 6) is 0. The van der Waals surface area contributed by atoms with Crippen molar-refractivity contribution in [3.05, 3.63) is 40.1 Å². The van der Waals surface area contributed by atoms with E-state index in [-0.39, 0.29) is 5.54 Å². The lowest BCUT2D eigenvalue weighted by Gasteiger charge is -2.19. The average molecular weight is 299 g/mol. The first-order chi connectivity index (χ1) is 8.85. The lowest BCUT2D eigenvalue weighted by atomic mass is 10.1. The molecule has 0 radical (unpaired) electrons. The molecule has 1 aromatic carbocycles. The van der Waals surface area contributed by atoms with E-state index < -0.39 is 0 Å². The highest BCUT2D eigenvalue weighted by Gasteiger charge is 2.11. The van der Waals surface area contributed by atoms with Crippen LogP contribution in [0.1, 0.15) is 26.5 Å². The Hall–Kier alpha value is -1.10. The van der Waals surface area contributed by atoms with E-state index >= 15 is 0 Å². The molecule has 0 atom stereocenters. The summed E-state index contributed by atoms with van der Waals surface area (Å²) < 4.78 is 1.65. The van der Waals surface area contributed by atoms with Gasteiger partial charge in [0.1, 0.15) is 0 Å². The number of nitrogens with zero attached hydrogens (tertiary/aromatic N) is 3. The summed E-state index contributed by atoms with van der Waals surface area (Å²) in [6.07, 6.45) is 1.86. The molecule has 0 bridgehead atoms. The van der Waals surface area contributed by atoms with Crippen molar-refractivity contribution in [1.82, 2.24) is 20.3 Å². The molecule has 0 saturated heterocycles. The van der Waals surface area contributed by atoms with E-state index in [1.165, 1.54) is 0 Å². The van der Waals surface area contributed by atoms with Crippen LogP contribution >= 0.6 is 23.2 Å². The standard InChI is InChI=1S/C13H16Cl2N4/c1-13(2,3)16-7-10-8-19(18-17-10)12-5-4-9(14)6-11(12)15/h4-6,8,16H,7H2,1-3H3. The molecule has 1 heterocycles. The zero-order chi connectivity index (χ0) is 14.0. The van der Waals surface area contributed by atoms with Crippen LogP contribution in [0.5, 0.6) is 0 Å². The second-order valence-corrected chi connectivity index (χ2v) is 6.20. The van der Waals surface area contributed by atoms with Gasteiger partial charge in [0, 0.05) is 17.1 Å². The normalized spacial score (nSPS) is 11.8. The topological polar surface area (TPSA) is 42.7 Å². The van der Waals surface area contributed by atoms with Crippen LogP contribution in [0, 0.1) is 0 Å². The number of hydrogen-bond donors (Lipinski definition) is 1. The minimum Gasteiger partial charge on any atom is -0.306 e. The van der Waals surface area contributed by atoms with E-state index in [9.17, 15) is 0 Å². The minimum absolute atomic E-state index is 0.0434. The van der Waals surface area contributed by atoms with Crippen molar-refractivity contribution in [2.75, 3.05) is 0 Å². The average Bonchev–Trinajstić information content (AvgIpc) is 2.74. The first-order valence-electron chi connectivity index (χ1n) is 5.97. The van der Waals surface area contributed by atoms with Gasteiger partial charge in [-0.25, -0.2) is 4.68 Å². The third-order valence-electron chi connectivity index (χ3n) is 2.50. The van der Waals surface area contributed by atoms with Crippen LogP contribution in [0.3, 0.4) is 0 Å². The smallest absolute Gasteiger partial charge is 0.0969 e. The molecule has 0 unspecified atom stereocenters. The number of halogens is 2. The van der Waals surface area contributed by atoms with Gasteiger partial charge in [0.15, 0.2) is 0 Å². The molecule has 0 spiro atoms. The molecule has 0 aliphatic heterocycles. The summed E-state index contributed by atoms with van der Waals surface area (Å²) in [5.41, 5.74) is 1.67. The summed E-state index contributed by atoms with van der Waals surface area (Å²) in [6.45, 7) is 6.98. The van der Waals surface area contributed by atoms with Crippen molar-refractivity contribution in [2.24, 2.45) is 0 Å². The predicted octanol–water partition coefficient (Wildman–Crippen LogP) is 3.46. The third-order valence-corrected chi connectivity index (χ3v) is 3.04. The van der Waals surface area contributed by atoms with Crippen molar-refractivity contribution in [2.45, 2.75) is 32.9 Å². The van der Waals surface area contributed by atoms with Crippen LogP contribution in [0.2, 0.25) is 10.0 Å². The maximum Gasteiger partial charge on any atom is 0.0969 e. The van der Waals surface area contributed by atoms with E-state index in [1.54, 1.807) is 16.8 Å². The van der Waals surface area contributed by atoms with Crippen LogP contribution in [-0.4, -0.2) is 20.5 Å². The molecule has 4 nitrogen and oxygen atoms in total. The number of hydrogen-bond acceptors (Lipinski definition) is 3. The summed E-state index contributed by atoms with van der Waals surface area (Å²) >= 11 is 12.0. The Morgan fingerprint density at radius 3 is 2.63 bits per heavy atom. The zero-order valence-electron chi connectivity index (χ0n) is 11.1. The Bertz CT molecular complexity index is 572. The first kappa shape index (κ1) is 14.3. The molecule has 2 rings (SSSR count). The van der Waals surface area contributed by atoms with Crippen LogP contribution < -0.4 is 5.32 Å². The fraction of sp³-hybridized carbons (Fsp3) is 0.385. The molecule has 0 amide bonds. The van der Waals surface area contributed by atoms with E-state index in [2.05, 4.69) is 36.4 Å². The van der Waals surface area contributed by atoms with Crippen molar-refractivity contribution in [1.29, 1.82) is 0 Å². The quantitative estimate of drug-likeness (QED) is 0.943. The highest BCUT2D eigenvalue weighted by Crippen LogP contribution is 2.23. The van der Waals surface area contributed by atoms with Gasteiger partial charge in [-0.05, 0) is 39.0 Å². The summed E-state index contributed by atoms with van der Waals surface area (Å²) in [6, 6.07) is 5.28. The zero-order valence-corrected chi connectivity index (χ0v) is 12.6. The molecule has 0 saturated carbocycles. The summed E-state index contributed by atoms with van der Waals surface area (Å²) in [7, 11) is 0. The van der Waals surface area contributed by atoms with Crippen LogP contribution in [0.4, 0.5) is 0 Å². The molecule has 19 heavy (non-hydrogen) atoms. The molecular weight excluding hydrogens is 283 g/mol. The molecule has 1 N–H and O–H groups in total. The third kappa shape index (κ3) is 3.93. The van der Waals surface area contributed by atoms with Gasteiger partial charge >= 0.3 is 0 Å². The predicted molar refractivity (Wildman–Crippen MR) is 78.0 cm³/mol. The Labute approximate surface area is 122 Å². The summed E-state index contributed by atoms with van der Waals surface area (Å²) in [5, 5.41) is 12.7. The fourth-order valence-corrected chi connectivity index (χ4v) is 2.02. The van der Waals surface area contributed by atoms with Crippen molar-refractivity contribution in [3.8, 4) is 5.69 Å². The van der Waals surface area contributed by atoms with E-state index in [0.717, 1.165) is 11.4 Å². The van der Waals surface area contributed by atoms with Crippen LogP contribution in [0.15, 0.2) is 24.4 Å². The Morgan fingerprint density at radius 1 is 1.26 bits per heavy atom. The van der Waals surface area contributed by atoms with E-state index in [1.807, 2.05) is 12.3 Å². The van der Waals surface area contributed by atoms with Crippen LogP contribution in [-0.2, 0) is 6.54 Å². The maximum absolute atomic E-state index is 6.13. The maximum atomic E-state index is 6.13. The van der Waals surface area contributed by atoms with Crippen molar-refractivity contribution < 1.29 is 0 Å². The lowest BCUT2D eigenvalue weighted by molar-refractivity contribution is 0.421. The molecule has 6 heteroatoms. The van der Waals surface area contributed by atoms with Gasteiger partial charge in [-0.2, -0.15) is 0 Å². The Kier molecular flexibility index (Phi) is 4.13. The SMILES string of the molecule is CC(C)(C)NCc1cn(-c2ccc(Cl)cc2Cl)nn1. The fourth-order valence-electron chi connectivity index (χ4n) is 1.52.